The SMILES string of the molecule is Cc1ccc(S(=O)(=O)CC2=COc3ccccc3/C2=C(\Br)c2ccccc2)cc1. The molecule has 0 aliphatic carbocycles. The van der Waals surface area contributed by atoms with Gasteiger partial charge in [0.15, 0.2) is 9.84 Å². The highest BCUT2D eigenvalue weighted by atomic mass is 79.9. The van der Waals surface area contributed by atoms with Crippen molar-refractivity contribution in [1.29, 1.82) is 0 Å². The number of hydrogen-bond donors (Lipinski definition) is 0. The summed E-state index contributed by atoms with van der Waals surface area (Å²) in [5.74, 6) is 0.550. The molecule has 0 unspecified atom stereocenters. The fourth-order valence-electron chi connectivity index (χ4n) is 3.27. The molecule has 146 valence electrons. The highest BCUT2D eigenvalue weighted by Gasteiger charge is 2.27. The quantitative estimate of drug-likeness (QED) is 0.472. The first-order valence-corrected chi connectivity index (χ1v) is 11.6. The van der Waals surface area contributed by atoms with Gasteiger partial charge in [0.25, 0.3) is 0 Å². The van der Waals surface area contributed by atoms with Gasteiger partial charge in [0.05, 0.1) is 16.9 Å². The van der Waals surface area contributed by atoms with E-state index in [4.69, 9.17) is 4.74 Å². The minimum Gasteiger partial charge on any atom is -0.464 e. The Kier molecular flexibility index (Phi) is 5.43. The van der Waals surface area contributed by atoms with Crippen molar-refractivity contribution in [3.05, 3.63) is 107 Å². The molecule has 0 saturated carbocycles. The summed E-state index contributed by atoms with van der Waals surface area (Å²) in [6.07, 6.45) is 1.55. The van der Waals surface area contributed by atoms with Gasteiger partial charge in [-0.15, -0.1) is 0 Å². The summed E-state index contributed by atoms with van der Waals surface area (Å²) in [6, 6.07) is 24.4. The summed E-state index contributed by atoms with van der Waals surface area (Å²) in [7, 11) is -3.53. The van der Waals surface area contributed by atoms with Crippen molar-refractivity contribution in [2.45, 2.75) is 11.8 Å². The Hall–Kier alpha value is -2.63. The largest absolute Gasteiger partial charge is 0.464 e. The second-order valence-corrected chi connectivity index (χ2v) is 9.67. The number of para-hydroxylation sites is 1. The van der Waals surface area contributed by atoms with E-state index in [1.54, 1.807) is 18.4 Å². The first kappa shape index (κ1) is 19.7. The highest BCUT2D eigenvalue weighted by molar-refractivity contribution is 9.15. The zero-order chi connectivity index (χ0) is 20.4. The first-order chi connectivity index (χ1) is 14.0. The van der Waals surface area contributed by atoms with Crippen LogP contribution >= 0.6 is 15.9 Å². The maximum Gasteiger partial charge on any atom is 0.182 e. The Bertz CT molecular complexity index is 1210. The Morgan fingerprint density at radius 1 is 0.897 bits per heavy atom. The third-order valence-corrected chi connectivity index (χ3v) is 7.31. The summed E-state index contributed by atoms with van der Waals surface area (Å²) in [4.78, 5) is 0.304. The fourth-order valence-corrected chi connectivity index (χ4v) is 5.34. The summed E-state index contributed by atoms with van der Waals surface area (Å²) in [5.41, 5.74) is 4.29. The van der Waals surface area contributed by atoms with Crippen LogP contribution in [0.4, 0.5) is 0 Å². The molecule has 0 N–H and O–H groups in total. The minimum absolute atomic E-state index is 0.151. The second kappa shape index (κ2) is 8.01. The van der Waals surface area contributed by atoms with Crippen LogP contribution in [0.1, 0.15) is 16.7 Å². The normalized spacial score (nSPS) is 15.2. The average molecular weight is 467 g/mol. The van der Waals surface area contributed by atoms with E-state index in [9.17, 15) is 8.42 Å². The zero-order valence-electron chi connectivity index (χ0n) is 15.8. The Morgan fingerprint density at radius 2 is 1.55 bits per heavy atom. The minimum atomic E-state index is -3.53. The van der Waals surface area contributed by atoms with Crippen molar-refractivity contribution < 1.29 is 13.2 Å². The van der Waals surface area contributed by atoms with E-state index >= 15 is 0 Å². The highest BCUT2D eigenvalue weighted by Crippen LogP contribution is 2.43. The second-order valence-electron chi connectivity index (χ2n) is 6.88. The number of aryl methyl sites for hydroxylation is 1. The number of halogens is 1. The van der Waals surface area contributed by atoms with Gasteiger partial charge in [0.1, 0.15) is 5.75 Å². The molecule has 0 saturated heterocycles. The van der Waals surface area contributed by atoms with E-state index in [0.717, 1.165) is 26.7 Å². The lowest BCUT2D eigenvalue weighted by Crippen LogP contribution is -2.14. The van der Waals surface area contributed by atoms with Crippen LogP contribution in [0, 0.1) is 6.92 Å². The molecule has 3 aromatic carbocycles. The number of fused-ring (bicyclic) bond motifs is 1. The van der Waals surface area contributed by atoms with E-state index in [1.807, 2.05) is 73.7 Å². The number of rotatable bonds is 4. The van der Waals surface area contributed by atoms with Crippen molar-refractivity contribution in [3.63, 3.8) is 0 Å². The Labute approximate surface area is 179 Å². The predicted molar refractivity (Wildman–Crippen MR) is 121 cm³/mol. The van der Waals surface area contributed by atoms with Crippen LogP contribution in [0.15, 0.2) is 95.6 Å². The van der Waals surface area contributed by atoms with Crippen molar-refractivity contribution in [2.75, 3.05) is 5.75 Å². The number of hydrogen-bond acceptors (Lipinski definition) is 3. The molecule has 0 fully saturated rings. The van der Waals surface area contributed by atoms with E-state index in [2.05, 4.69) is 15.9 Å². The molecule has 1 aliphatic heterocycles. The van der Waals surface area contributed by atoms with Gasteiger partial charge in [0.2, 0.25) is 0 Å². The predicted octanol–water partition coefficient (Wildman–Crippen LogP) is 6.01. The molecule has 3 nitrogen and oxygen atoms in total. The molecule has 0 aromatic heterocycles. The molecular formula is C24H19BrO3S. The van der Waals surface area contributed by atoms with Crippen molar-refractivity contribution in [3.8, 4) is 5.75 Å². The number of sulfone groups is 1. The molecule has 0 bridgehead atoms. The number of ether oxygens (including phenoxy) is 1. The third kappa shape index (κ3) is 4.07. The van der Waals surface area contributed by atoms with Gasteiger partial charge in [-0.05, 0) is 46.6 Å². The van der Waals surface area contributed by atoms with E-state index in [1.165, 1.54) is 0 Å². The summed E-state index contributed by atoms with van der Waals surface area (Å²) < 4.78 is 32.8. The zero-order valence-corrected chi connectivity index (χ0v) is 18.2. The van der Waals surface area contributed by atoms with Gasteiger partial charge < -0.3 is 4.74 Å². The molecule has 1 heterocycles. The number of benzene rings is 3. The van der Waals surface area contributed by atoms with Gasteiger partial charge in [-0.2, -0.15) is 0 Å². The third-order valence-electron chi connectivity index (χ3n) is 4.78. The van der Waals surface area contributed by atoms with Crippen LogP contribution in [0.5, 0.6) is 5.75 Å². The van der Waals surface area contributed by atoms with Crippen LogP contribution in [0.25, 0.3) is 10.1 Å². The van der Waals surface area contributed by atoms with E-state index < -0.39 is 9.84 Å². The maximum absolute atomic E-state index is 13.1. The molecule has 1 aliphatic rings. The topological polar surface area (TPSA) is 43.4 Å². The molecule has 0 spiro atoms. The van der Waals surface area contributed by atoms with Crippen LogP contribution < -0.4 is 4.74 Å². The molecule has 5 heteroatoms. The first-order valence-electron chi connectivity index (χ1n) is 9.16. The van der Waals surface area contributed by atoms with Gasteiger partial charge in [-0.3, -0.25) is 0 Å². The molecule has 0 radical (unpaired) electrons. The van der Waals surface area contributed by atoms with E-state index in [-0.39, 0.29) is 5.75 Å². The summed E-state index contributed by atoms with van der Waals surface area (Å²) in [5, 5.41) is 0. The lowest BCUT2D eigenvalue weighted by atomic mass is 9.95. The molecule has 29 heavy (non-hydrogen) atoms. The Balaban J connectivity index is 1.82. The maximum atomic E-state index is 13.1. The summed E-state index contributed by atoms with van der Waals surface area (Å²) in [6.45, 7) is 1.93. The molecular weight excluding hydrogens is 448 g/mol. The van der Waals surface area contributed by atoms with Crippen molar-refractivity contribution in [1.82, 2.24) is 0 Å². The molecule has 3 aromatic rings. The molecule has 4 rings (SSSR count). The molecule has 0 amide bonds. The monoisotopic (exact) mass is 466 g/mol. The van der Waals surface area contributed by atoms with Crippen molar-refractivity contribution in [2.24, 2.45) is 0 Å². The van der Waals surface area contributed by atoms with Crippen molar-refractivity contribution >= 4 is 35.8 Å². The van der Waals surface area contributed by atoms with Crippen LogP contribution in [0.3, 0.4) is 0 Å². The van der Waals surface area contributed by atoms with Crippen LogP contribution in [-0.4, -0.2) is 14.2 Å². The van der Waals surface area contributed by atoms with Gasteiger partial charge in [-0.25, -0.2) is 8.42 Å². The summed E-state index contributed by atoms with van der Waals surface area (Å²) >= 11 is 3.72. The lowest BCUT2D eigenvalue weighted by molar-refractivity contribution is 0.470. The van der Waals surface area contributed by atoms with Gasteiger partial charge in [0, 0.05) is 21.2 Å². The van der Waals surface area contributed by atoms with E-state index in [0.29, 0.717) is 16.2 Å². The Morgan fingerprint density at radius 3 is 2.28 bits per heavy atom. The van der Waals surface area contributed by atoms with Gasteiger partial charge in [-0.1, -0.05) is 66.2 Å². The molecule has 0 atom stereocenters. The van der Waals surface area contributed by atoms with Gasteiger partial charge >= 0.3 is 0 Å². The smallest absolute Gasteiger partial charge is 0.182 e. The number of allylic oxidation sites excluding steroid dienone is 1. The average Bonchev–Trinajstić information content (AvgIpc) is 2.74. The fraction of sp³-hybridized carbons (Fsp3) is 0.0833. The van der Waals surface area contributed by atoms with Crippen LogP contribution in [-0.2, 0) is 9.84 Å². The van der Waals surface area contributed by atoms with Crippen LogP contribution in [0.2, 0.25) is 0 Å². The standard InChI is InChI=1S/C24H19BrO3S/c1-17-11-13-20(14-12-17)29(26,27)16-19-15-28-22-10-6-5-9-21(22)23(19)24(25)18-7-3-2-4-8-18/h2-15H,16H2,1H3/b24-23-. The lowest BCUT2D eigenvalue weighted by Gasteiger charge is -2.22.